The van der Waals surface area contributed by atoms with Crippen LogP contribution in [0.2, 0.25) is 0 Å². The number of fused-ring (bicyclic) bond motifs is 2. The Morgan fingerprint density at radius 2 is 1.65 bits per heavy atom. The lowest BCUT2D eigenvalue weighted by atomic mass is 9.82. The van der Waals surface area contributed by atoms with Crippen LogP contribution in [0.15, 0.2) is 24.3 Å². The second-order valence-electron chi connectivity index (χ2n) is 11.2. The van der Waals surface area contributed by atoms with E-state index >= 15 is 0 Å². The number of anilines is 1. The molecular weight excluding hydrogens is 575 g/mol. The van der Waals surface area contributed by atoms with Crippen LogP contribution in [-0.4, -0.2) is 84.9 Å². The Kier molecular flexibility index (Phi) is 13.3. The van der Waals surface area contributed by atoms with Crippen molar-refractivity contribution in [2.24, 2.45) is 5.92 Å². The van der Waals surface area contributed by atoms with Gasteiger partial charge in [-0.1, -0.05) is 37.5 Å². The highest BCUT2D eigenvalue weighted by molar-refractivity contribution is 5.94. The molecule has 1 aromatic rings. The minimum Gasteiger partial charge on any atom is -0.343 e. The lowest BCUT2D eigenvalue weighted by Gasteiger charge is -2.45. The lowest BCUT2D eigenvalue weighted by Crippen LogP contribution is -2.67. The molecule has 0 aromatic heterocycles. The quantitative estimate of drug-likeness (QED) is 0.435. The first-order valence-electron chi connectivity index (χ1n) is 14.1. The van der Waals surface area contributed by atoms with Crippen LogP contribution in [0.25, 0.3) is 0 Å². The van der Waals surface area contributed by atoms with Crippen molar-refractivity contribution in [2.75, 3.05) is 38.2 Å². The number of amides is 3. The Bertz CT molecular complexity index is 1010. The summed E-state index contributed by atoms with van der Waals surface area (Å²) in [6, 6.07) is 6.83. The van der Waals surface area contributed by atoms with Crippen molar-refractivity contribution in [1.82, 2.24) is 25.9 Å². The molecule has 4 atom stereocenters. The molecule has 12 heteroatoms. The Morgan fingerprint density at radius 1 is 0.925 bits per heavy atom. The Hall–Kier alpha value is -1.78. The maximum absolute atomic E-state index is 14.3. The highest BCUT2D eigenvalue weighted by Gasteiger charge is 2.45. The maximum Gasteiger partial charge on any atom is 0.262 e. The Morgan fingerprint density at radius 3 is 2.38 bits per heavy atom. The van der Waals surface area contributed by atoms with E-state index in [0.29, 0.717) is 13.1 Å². The molecule has 3 fully saturated rings. The van der Waals surface area contributed by atoms with Gasteiger partial charge in [0.1, 0.15) is 12.1 Å². The second-order valence-corrected chi connectivity index (χ2v) is 11.2. The number of rotatable bonds is 7. The number of benzene rings is 1. The van der Waals surface area contributed by atoms with Crippen molar-refractivity contribution in [3.63, 3.8) is 0 Å². The van der Waals surface area contributed by atoms with Crippen molar-refractivity contribution >= 4 is 60.6 Å². The molecule has 0 bridgehead atoms. The highest BCUT2D eigenvalue weighted by atomic mass is 35.5. The molecule has 3 aliphatic heterocycles. The van der Waals surface area contributed by atoms with Crippen LogP contribution < -0.4 is 21.1 Å². The lowest BCUT2D eigenvalue weighted by molar-refractivity contribution is -0.149. The summed E-state index contributed by atoms with van der Waals surface area (Å²) in [5.41, 5.74) is 5.38. The van der Waals surface area contributed by atoms with E-state index in [4.69, 9.17) is 0 Å². The number of halogens is 3. The van der Waals surface area contributed by atoms with E-state index in [9.17, 15) is 14.4 Å². The Labute approximate surface area is 256 Å². The van der Waals surface area contributed by atoms with Gasteiger partial charge in [0.25, 0.3) is 5.91 Å². The molecule has 0 spiro atoms. The van der Waals surface area contributed by atoms with Gasteiger partial charge in [-0.25, -0.2) is 0 Å². The van der Waals surface area contributed by atoms with E-state index in [1.165, 1.54) is 12.0 Å². The van der Waals surface area contributed by atoms with Gasteiger partial charge in [-0.15, -0.1) is 37.2 Å². The smallest absolute Gasteiger partial charge is 0.262 e. The topological polar surface area (TPSA) is 97.0 Å². The van der Waals surface area contributed by atoms with Gasteiger partial charge in [0.2, 0.25) is 11.8 Å². The van der Waals surface area contributed by atoms with Crippen molar-refractivity contribution < 1.29 is 14.4 Å². The third kappa shape index (κ3) is 7.34. The summed E-state index contributed by atoms with van der Waals surface area (Å²) in [5, 5.41) is 8.00. The monoisotopic (exact) mass is 618 g/mol. The van der Waals surface area contributed by atoms with E-state index < -0.39 is 12.1 Å². The van der Waals surface area contributed by atoms with Crippen molar-refractivity contribution in [1.29, 1.82) is 0 Å². The second kappa shape index (κ2) is 15.4. The van der Waals surface area contributed by atoms with Crippen LogP contribution in [0.1, 0.15) is 57.4 Å². The first kappa shape index (κ1) is 34.4. The number of para-hydroxylation sites is 1. The normalized spacial score (nSPS) is 23.9. The van der Waals surface area contributed by atoms with Crippen LogP contribution in [0.3, 0.4) is 0 Å². The van der Waals surface area contributed by atoms with Gasteiger partial charge in [-0.2, -0.15) is 0 Å². The largest absolute Gasteiger partial charge is 0.343 e. The number of carbonyl (C=O) groups is 3. The zero-order valence-corrected chi connectivity index (χ0v) is 25.9. The van der Waals surface area contributed by atoms with Gasteiger partial charge in [0, 0.05) is 25.7 Å². The van der Waals surface area contributed by atoms with Gasteiger partial charge in [-0.05, 0) is 70.2 Å². The summed E-state index contributed by atoms with van der Waals surface area (Å²) in [6.45, 7) is 4.57. The van der Waals surface area contributed by atoms with Gasteiger partial charge >= 0.3 is 0 Å². The summed E-state index contributed by atoms with van der Waals surface area (Å²) < 4.78 is 0. The molecule has 9 nitrogen and oxygen atoms in total. The molecule has 1 saturated carbocycles. The van der Waals surface area contributed by atoms with Crippen LogP contribution in [0, 0.1) is 5.92 Å². The number of hydrogen-bond acceptors (Lipinski definition) is 6. The molecule has 3 heterocycles. The number of carbonyl (C=O) groups excluding carboxylic acids is 3. The predicted octanol–water partition coefficient (Wildman–Crippen LogP) is 2.69. The zero-order valence-electron chi connectivity index (χ0n) is 23.5. The third-order valence-corrected chi connectivity index (χ3v) is 8.92. The van der Waals surface area contributed by atoms with E-state index in [1.54, 1.807) is 18.9 Å². The number of nitrogens with zero attached hydrogens (tertiary/aromatic N) is 3. The fourth-order valence-corrected chi connectivity index (χ4v) is 6.58. The van der Waals surface area contributed by atoms with Crippen LogP contribution in [-0.2, 0) is 20.8 Å². The van der Waals surface area contributed by atoms with Crippen LogP contribution in [0.5, 0.6) is 0 Å². The van der Waals surface area contributed by atoms with Crippen LogP contribution >= 0.6 is 37.2 Å². The van der Waals surface area contributed by atoms with Gasteiger partial charge in [0.05, 0.1) is 11.7 Å². The van der Waals surface area contributed by atoms with Crippen molar-refractivity contribution in [2.45, 2.75) is 82.5 Å². The van der Waals surface area contributed by atoms with Gasteiger partial charge in [-0.3, -0.25) is 29.7 Å². The molecule has 40 heavy (non-hydrogen) atoms. The summed E-state index contributed by atoms with van der Waals surface area (Å²) >= 11 is 0. The first-order chi connectivity index (χ1) is 18.0. The van der Waals surface area contributed by atoms with E-state index in [0.717, 1.165) is 63.7 Å². The Balaban J connectivity index is 0.00000187. The van der Waals surface area contributed by atoms with E-state index in [1.807, 2.05) is 23.2 Å². The fourth-order valence-electron chi connectivity index (χ4n) is 6.58. The average Bonchev–Trinajstić information content (AvgIpc) is 3.57. The first-order valence-corrected chi connectivity index (χ1v) is 14.1. The number of hydrazine groups is 1. The summed E-state index contributed by atoms with van der Waals surface area (Å²) in [4.78, 5) is 45.1. The minimum atomic E-state index is -0.598. The summed E-state index contributed by atoms with van der Waals surface area (Å²) in [5.74, 6) is -0.310. The zero-order chi connectivity index (χ0) is 25.9. The minimum absolute atomic E-state index is 0. The molecule has 0 radical (unpaired) electrons. The average molecular weight is 620 g/mol. The molecule has 3 amide bonds. The fraction of sp³-hybridized carbons (Fsp3) is 0.679. The molecule has 1 aromatic carbocycles. The standard InChI is InChI=1S/C28H42N6O3.3ClH/c1-19(29-2)26(35)30-25(21-10-4-3-5-11-21)28(37)33-17-22-12-8-15-32(22)18-24(33)27(36)31-34-16-14-20-9-6-7-13-23(20)34;;;/h6-7,9,13,19,21-22,24-25,29H,3-5,8,10-12,14-18H2,1-2H3,(H,30,35)(H,31,36);3*1H/t19-,22+,24-,25-;;;/m0.../s1. The third-order valence-electron chi connectivity index (χ3n) is 8.92. The number of piperazine rings is 1. The number of nitrogens with one attached hydrogen (secondary N) is 3. The summed E-state index contributed by atoms with van der Waals surface area (Å²) in [6.07, 6.45) is 8.17. The maximum atomic E-state index is 14.3. The van der Waals surface area contributed by atoms with Crippen molar-refractivity contribution in [3.8, 4) is 0 Å². The molecule has 5 rings (SSSR count). The SMILES string of the molecule is CN[C@@H](C)C(=O)N[C@H](C(=O)N1C[C@H]2CCCN2C[C@H]1C(=O)NN1CCc2ccccc21)C1CCCCC1.Cl.Cl.Cl. The molecule has 3 N–H and O–H groups in total. The predicted molar refractivity (Wildman–Crippen MR) is 165 cm³/mol. The van der Waals surface area contributed by atoms with Gasteiger partial charge < -0.3 is 15.5 Å². The van der Waals surface area contributed by atoms with Gasteiger partial charge in [0.15, 0.2) is 0 Å². The summed E-state index contributed by atoms with van der Waals surface area (Å²) in [7, 11) is 1.75. The van der Waals surface area contributed by atoms with Crippen LogP contribution in [0.4, 0.5) is 5.69 Å². The van der Waals surface area contributed by atoms with E-state index in [-0.39, 0.29) is 72.9 Å². The number of likely N-dealkylation sites (N-methyl/N-ethyl adjacent to an activating group) is 1. The molecule has 226 valence electrons. The highest BCUT2D eigenvalue weighted by Crippen LogP contribution is 2.31. The van der Waals surface area contributed by atoms with Crippen molar-refractivity contribution in [3.05, 3.63) is 29.8 Å². The molecular formula is C28H45Cl3N6O3. The number of hydrogen-bond donors (Lipinski definition) is 3. The molecule has 1 aliphatic carbocycles. The molecule has 2 saturated heterocycles. The van der Waals surface area contributed by atoms with E-state index in [2.05, 4.69) is 27.0 Å². The molecule has 0 unspecified atom stereocenters. The molecule has 4 aliphatic rings.